The van der Waals surface area contributed by atoms with Crippen LogP contribution in [-0.2, 0) is 11.3 Å². The van der Waals surface area contributed by atoms with Crippen LogP contribution in [0.1, 0.15) is 28.5 Å². The molecule has 0 amide bonds. The maximum atomic E-state index is 12.4. The lowest BCUT2D eigenvalue weighted by Crippen LogP contribution is -2.14. The Hall–Kier alpha value is -3.08. The summed E-state index contributed by atoms with van der Waals surface area (Å²) < 4.78 is 12.1. The van der Waals surface area contributed by atoms with E-state index in [0.29, 0.717) is 18.8 Å². The molecule has 3 rings (SSSR count). The maximum absolute atomic E-state index is 12.4. The summed E-state index contributed by atoms with van der Waals surface area (Å²) in [6, 6.07) is 17.5. The van der Waals surface area contributed by atoms with Crippen LogP contribution in [0.15, 0.2) is 54.6 Å². The second-order valence-electron chi connectivity index (χ2n) is 6.01. The molecule has 134 valence electrons. The molecule has 0 unspecified atom stereocenters. The van der Waals surface area contributed by atoms with E-state index < -0.39 is 0 Å². The second kappa shape index (κ2) is 7.87. The first-order valence-electron chi connectivity index (χ1n) is 8.55. The van der Waals surface area contributed by atoms with Crippen LogP contribution in [-0.4, -0.2) is 29.5 Å². The summed E-state index contributed by atoms with van der Waals surface area (Å²) in [6.07, 6.45) is 0. The lowest BCUT2D eigenvalue weighted by atomic mass is 10.1. The predicted molar refractivity (Wildman–Crippen MR) is 100 cm³/mol. The molecule has 0 spiro atoms. The molecule has 0 N–H and O–H groups in total. The number of rotatable bonds is 6. The minimum absolute atomic E-state index is 0.326. The Kier molecular flexibility index (Phi) is 5.37. The molecule has 1 heterocycles. The van der Waals surface area contributed by atoms with Crippen molar-refractivity contribution in [3.05, 3.63) is 71.4 Å². The molecule has 0 aliphatic rings. The zero-order valence-corrected chi connectivity index (χ0v) is 15.2. The number of ether oxygens (including phenoxy) is 2. The first-order chi connectivity index (χ1) is 12.6. The minimum atomic E-state index is -0.369. The molecule has 0 fully saturated rings. The van der Waals surface area contributed by atoms with Crippen molar-refractivity contribution >= 4 is 5.97 Å². The van der Waals surface area contributed by atoms with Gasteiger partial charge < -0.3 is 9.47 Å². The Morgan fingerprint density at radius 3 is 2.38 bits per heavy atom. The highest BCUT2D eigenvalue weighted by atomic mass is 16.5. The smallest absolute Gasteiger partial charge is 0.356 e. The fraction of sp³-hybridized carbons (Fsp3) is 0.238. The van der Waals surface area contributed by atoms with Gasteiger partial charge in [0.25, 0.3) is 0 Å². The summed E-state index contributed by atoms with van der Waals surface area (Å²) in [6.45, 7) is 4.67. The van der Waals surface area contributed by atoms with Crippen LogP contribution in [0.2, 0.25) is 0 Å². The monoisotopic (exact) mass is 350 g/mol. The van der Waals surface area contributed by atoms with E-state index in [1.54, 1.807) is 24.8 Å². The van der Waals surface area contributed by atoms with Crippen LogP contribution in [0.5, 0.6) is 5.75 Å². The SMILES string of the molecule is CCOC(=O)c1cc(-c2ccc(OC)cc2)nn1Cc1ccc(C)cc1. The third-order valence-corrected chi connectivity index (χ3v) is 4.10. The second-order valence-corrected chi connectivity index (χ2v) is 6.01. The van der Waals surface area contributed by atoms with Crippen molar-refractivity contribution in [3.8, 4) is 17.0 Å². The number of nitrogens with zero attached hydrogens (tertiary/aromatic N) is 2. The summed E-state index contributed by atoms with van der Waals surface area (Å²) in [5.41, 5.74) is 4.35. The van der Waals surface area contributed by atoms with Gasteiger partial charge in [0.05, 0.1) is 26.0 Å². The summed E-state index contributed by atoms with van der Waals surface area (Å²) in [5.74, 6) is 0.408. The first-order valence-corrected chi connectivity index (χ1v) is 8.55. The standard InChI is InChI=1S/C21H22N2O3/c1-4-26-21(24)20-13-19(17-9-11-18(25-3)12-10-17)22-23(20)14-16-7-5-15(2)6-8-16/h5-13H,4,14H2,1-3H3. The van der Waals surface area contributed by atoms with Crippen LogP contribution >= 0.6 is 0 Å². The van der Waals surface area contributed by atoms with E-state index in [1.807, 2.05) is 55.5 Å². The van der Waals surface area contributed by atoms with Crippen molar-refractivity contribution in [2.45, 2.75) is 20.4 Å². The van der Waals surface area contributed by atoms with E-state index in [4.69, 9.17) is 9.47 Å². The Bertz CT molecular complexity index is 881. The van der Waals surface area contributed by atoms with Gasteiger partial charge in [0.2, 0.25) is 0 Å². The van der Waals surface area contributed by atoms with Crippen LogP contribution in [0, 0.1) is 6.92 Å². The molecule has 0 saturated carbocycles. The normalized spacial score (nSPS) is 10.6. The molecule has 5 nitrogen and oxygen atoms in total. The Morgan fingerprint density at radius 2 is 1.77 bits per heavy atom. The Balaban J connectivity index is 1.96. The summed E-state index contributed by atoms with van der Waals surface area (Å²) in [5, 5.41) is 4.63. The van der Waals surface area contributed by atoms with Gasteiger partial charge >= 0.3 is 5.97 Å². The van der Waals surface area contributed by atoms with Crippen LogP contribution in [0.3, 0.4) is 0 Å². The van der Waals surface area contributed by atoms with E-state index in [9.17, 15) is 4.79 Å². The molecule has 3 aromatic rings. The molecule has 1 aromatic heterocycles. The highest BCUT2D eigenvalue weighted by Crippen LogP contribution is 2.23. The van der Waals surface area contributed by atoms with Crippen molar-refractivity contribution in [1.82, 2.24) is 9.78 Å². The van der Waals surface area contributed by atoms with Gasteiger partial charge in [0.1, 0.15) is 11.4 Å². The summed E-state index contributed by atoms with van der Waals surface area (Å²) in [4.78, 5) is 12.4. The molecule has 0 aliphatic carbocycles. The third kappa shape index (κ3) is 3.94. The Labute approximate surface area is 153 Å². The van der Waals surface area contributed by atoms with Crippen molar-refractivity contribution in [3.63, 3.8) is 0 Å². The van der Waals surface area contributed by atoms with E-state index in [0.717, 1.165) is 22.6 Å². The molecular formula is C21H22N2O3. The van der Waals surface area contributed by atoms with Gasteiger partial charge in [-0.15, -0.1) is 0 Å². The van der Waals surface area contributed by atoms with E-state index in [2.05, 4.69) is 5.10 Å². The number of esters is 1. The quantitative estimate of drug-likeness (QED) is 0.628. The molecule has 2 aromatic carbocycles. The summed E-state index contributed by atoms with van der Waals surface area (Å²) in [7, 11) is 1.63. The number of carbonyl (C=O) groups is 1. The number of hydrogen-bond acceptors (Lipinski definition) is 4. The number of aromatic nitrogens is 2. The van der Waals surface area contributed by atoms with Crippen molar-refractivity contribution in [2.24, 2.45) is 0 Å². The van der Waals surface area contributed by atoms with Crippen LogP contribution < -0.4 is 4.74 Å². The maximum Gasteiger partial charge on any atom is 0.356 e. The number of hydrogen-bond donors (Lipinski definition) is 0. The topological polar surface area (TPSA) is 53.4 Å². The lowest BCUT2D eigenvalue weighted by molar-refractivity contribution is 0.0512. The molecule has 5 heteroatoms. The largest absolute Gasteiger partial charge is 0.497 e. The van der Waals surface area contributed by atoms with E-state index in [-0.39, 0.29) is 5.97 Å². The highest BCUT2D eigenvalue weighted by molar-refractivity contribution is 5.89. The minimum Gasteiger partial charge on any atom is -0.497 e. The van der Waals surface area contributed by atoms with Gasteiger partial charge in [-0.2, -0.15) is 5.10 Å². The van der Waals surface area contributed by atoms with Crippen LogP contribution in [0.4, 0.5) is 0 Å². The fourth-order valence-electron chi connectivity index (χ4n) is 2.68. The molecular weight excluding hydrogens is 328 g/mol. The number of aryl methyl sites for hydroxylation is 1. The summed E-state index contributed by atoms with van der Waals surface area (Å²) >= 11 is 0. The van der Waals surface area contributed by atoms with E-state index in [1.165, 1.54) is 5.56 Å². The lowest BCUT2D eigenvalue weighted by Gasteiger charge is -2.07. The van der Waals surface area contributed by atoms with Gasteiger partial charge in [-0.05, 0) is 49.7 Å². The molecule has 0 aliphatic heterocycles. The van der Waals surface area contributed by atoms with Gasteiger partial charge in [0, 0.05) is 5.56 Å². The fourth-order valence-corrected chi connectivity index (χ4v) is 2.68. The first kappa shape index (κ1) is 17.7. The van der Waals surface area contributed by atoms with Gasteiger partial charge in [-0.25, -0.2) is 4.79 Å². The average Bonchev–Trinajstić information content (AvgIpc) is 3.08. The predicted octanol–water partition coefficient (Wildman–Crippen LogP) is 4.09. The zero-order chi connectivity index (χ0) is 18.5. The molecule has 0 atom stereocenters. The zero-order valence-electron chi connectivity index (χ0n) is 15.2. The molecule has 0 saturated heterocycles. The van der Waals surface area contributed by atoms with Gasteiger partial charge in [-0.1, -0.05) is 29.8 Å². The van der Waals surface area contributed by atoms with E-state index >= 15 is 0 Å². The van der Waals surface area contributed by atoms with Crippen LogP contribution in [0.25, 0.3) is 11.3 Å². The number of carbonyl (C=O) groups excluding carboxylic acids is 1. The molecule has 0 radical (unpaired) electrons. The van der Waals surface area contributed by atoms with Crippen molar-refractivity contribution < 1.29 is 14.3 Å². The average molecular weight is 350 g/mol. The number of methoxy groups -OCH3 is 1. The third-order valence-electron chi connectivity index (χ3n) is 4.10. The Morgan fingerprint density at radius 1 is 1.08 bits per heavy atom. The number of benzene rings is 2. The van der Waals surface area contributed by atoms with Crippen molar-refractivity contribution in [1.29, 1.82) is 0 Å². The molecule has 0 bridgehead atoms. The highest BCUT2D eigenvalue weighted by Gasteiger charge is 2.17. The van der Waals surface area contributed by atoms with Gasteiger partial charge in [-0.3, -0.25) is 4.68 Å². The van der Waals surface area contributed by atoms with Gasteiger partial charge in [0.15, 0.2) is 0 Å². The molecule has 26 heavy (non-hydrogen) atoms. The van der Waals surface area contributed by atoms with Crippen molar-refractivity contribution in [2.75, 3.05) is 13.7 Å².